The van der Waals surface area contributed by atoms with Crippen molar-refractivity contribution < 1.29 is 0 Å². The molecule has 0 aliphatic rings. The van der Waals surface area contributed by atoms with Crippen LogP contribution in [0, 0.1) is 0 Å². The Kier molecular flexibility index (Phi) is 1.65. The van der Waals surface area contributed by atoms with Crippen LogP contribution in [-0.4, -0.2) is 0 Å². The average Bonchev–Trinajstić information content (AvgIpc) is 2.26. The van der Waals surface area contributed by atoms with Crippen molar-refractivity contribution >= 4 is 27.2 Å². The highest BCUT2D eigenvalue weighted by molar-refractivity contribution is 5.98. The lowest BCUT2D eigenvalue weighted by Crippen LogP contribution is -1.76. The maximum Gasteiger partial charge on any atom is 0.0546 e. The molecule has 0 spiro atoms. The monoisotopic (exact) mass is 192 g/mol. The minimum absolute atomic E-state index is 0.567. The first-order valence-corrected chi connectivity index (χ1v) is 4.97. The summed E-state index contributed by atoms with van der Waals surface area (Å²) < 4.78 is 0. The van der Waals surface area contributed by atoms with Gasteiger partial charge in [-0.05, 0) is 45.8 Å². The van der Waals surface area contributed by atoms with Crippen LogP contribution in [0.4, 0.5) is 5.69 Å². The molecular weight excluding hydrogens is 182 g/mol. The fourth-order valence-corrected chi connectivity index (χ4v) is 1.94. The molecule has 0 aromatic heterocycles. The Morgan fingerprint density at radius 1 is 0.600 bits per heavy atom. The van der Waals surface area contributed by atoms with Crippen molar-refractivity contribution in [1.29, 1.82) is 0 Å². The molecule has 0 fully saturated rings. The molecule has 0 saturated heterocycles. The highest BCUT2D eigenvalue weighted by Crippen LogP contribution is 2.24. The van der Waals surface area contributed by atoms with Gasteiger partial charge in [0, 0.05) is 0 Å². The minimum atomic E-state index is 0.567. The van der Waals surface area contributed by atoms with E-state index < -0.39 is 0 Å². The number of hydrogen-bond acceptors (Lipinski definition) is 0. The van der Waals surface area contributed by atoms with Crippen molar-refractivity contribution in [2.24, 2.45) is 0 Å². The Balaban J connectivity index is 2.47. The van der Waals surface area contributed by atoms with Gasteiger partial charge < -0.3 is 5.73 Å². The number of benzene rings is 3. The normalized spacial score (nSPS) is 10.9. The zero-order valence-corrected chi connectivity index (χ0v) is 8.20. The molecule has 0 amide bonds. The van der Waals surface area contributed by atoms with Gasteiger partial charge in [0.15, 0.2) is 0 Å². The lowest BCUT2D eigenvalue weighted by molar-refractivity contribution is 1.51. The Morgan fingerprint density at radius 2 is 1.20 bits per heavy atom. The van der Waals surface area contributed by atoms with E-state index in [0.717, 1.165) is 5.39 Å². The summed E-state index contributed by atoms with van der Waals surface area (Å²) >= 11 is 0. The van der Waals surface area contributed by atoms with Gasteiger partial charge in [0.25, 0.3) is 0 Å². The van der Waals surface area contributed by atoms with E-state index in [0.29, 0.717) is 5.69 Å². The van der Waals surface area contributed by atoms with E-state index in [1.54, 1.807) is 0 Å². The summed E-state index contributed by atoms with van der Waals surface area (Å²) in [6, 6.07) is 18.4. The van der Waals surface area contributed by atoms with Crippen molar-refractivity contribution in [3.8, 4) is 0 Å². The Morgan fingerprint density at radius 3 is 1.93 bits per heavy atom. The van der Waals surface area contributed by atoms with Crippen molar-refractivity contribution in [2.45, 2.75) is 0 Å². The summed E-state index contributed by atoms with van der Waals surface area (Å²) in [4.78, 5) is 0. The van der Waals surface area contributed by atoms with E-state index in [2.05, 4.69) is 24.3 Å². The molecule has 0 atom stereocenters. The summed E-state index contributed by atoms with van der Waals surface area (Å²) in [5, 5.41) is 4.82. The highest BCUT2D eigenvalue weighted by atomic mass is 14.5. The van der Waals surface area contributed by atoms with Crippen LogP contribution >= 0.6 is 0 Å². The molecule has 1 heteroatoms. The van der Waals surface area contributed by atoms with Crippen LogP contribution in [-0.2, 0) is 0 Å². The minimum Gasteiger partial charge on any atom is -0.301 e. The molecule has 0 unspecified atom stereocenters. The van der Waals surface area contributed by atoms with Crippen molar-refractivity contribution in [2.75, 3.05) is 0 Å². The van der Waals surface area contributed by atoms with Crippen molar-refractivity contribution in [3.63, 3.8) is 0 Å². The third kappa shape index (κ3) is 1.33. The van der Waals surface area contributed by atoms with Crippen LogP contribution in [0.2, 0.25) is 0 Å². The van der Waals surface area contributed by atoms with Gasteiger partial charge >= 0.3 is 0 Å². The second-order valence-corrected chi connectivity index (χ2v) is 3.76. The van der Waals surface area contributed by atoms with Gasteiger partial charge in [0.1, 0.15) is 0 Å². The summed E-state index contributed by atoms with van der Waals surface area (Å²) in [6.45, 7) is 0. The van der Waals surface area contributed by atoms with Crippen LogP contribution < -0.4 is 5.73 Å². The lowest BCUT2D eigenvalue weighted by atomic mass is 10.0. The molecule has 0 aliphatic carbocycles. The van der Waals surface area contributed by atoms with Gasteiger partial charge in [-0.25, -0.2) is 0 Å². The molecule has 3 rings (SSSR count). The predicted molar refractivity (Wildman–Crippen MR) is 64.2 cm³/mol. The fourth-order valence-electron chi connectivity index (χ4n) is 1.94. The predicted octanol–water partition coefficient (Wildman–Crippen LogP) is 3.91. The lowest BCUT2D eigenvalue weighted by Gasteiger charge is -2.02. The SMILES string of the molecule is [NH]c1ccc2cc3ccccc3cc2c1. The third-order valence-corrected chi connectivity index (χ3v) is 2.70. The Hall–Kier alpha value is -2.02. The molecule has 0 bridgehead atoms. The van der Waals surface area contributed by atoms with Gasteiger partial charge in [0.2, 0.25) is 0 Å². The van der Waals surface area contributed by atoms with Gasteiger partial charge in [-0.15, -0.1) is 0 Å². The molecule has 1 radical (unpaired) electrons. The van der Waals surface area contributed by atoms with E-state index in [9.17, 15) is 0 Å². The average molecular weight is 192 g/mol. The molecule has 0 heterocycles. The van der Waals surface area contributed by atoms with Crippen molar-refractivity contribution in [3.05, 3.63) is 54.6 Å². The van der Waals surface area contributed by atoms with Crippen molar-refractivity contribution in [1.82, 2.24) is 5.73 Å². The molecular formula is C14H10N. The quantitative estimate of drug-likeness (QED) is 0.482. The summed E-state index contributed by atoms with van der Waals surface area (Å²) in [6.07, 6.45) is 0. The summed E-state index contributed by atoms with van der Waals surface area (Å²) in [7, 11) is 0. The maximum absolute atomic E-state index is 7.59. The van der Waals surface area contributed by atoms with E-state index in [1.807, 2.05) is 30.3 Å². The zero-order chi connectivity index (χ0) is 10.3. The number of rotatable bonds is 0. The van der Waals surface area contributed by atoms with E-state index in [-0.39, 0.29) is 0 Å². The van der Waals surface area contributed by atoms with Gasteiger partial charge in [0.05, 0.1) is 5.69 Å². The molecule has 1 nitrogen and oxygen atoms in total. The van der Waals surface area contributed by atoms with Crippen LogP contribution in [0.5, 0.6) is 0 Å². The van der Waals surface area contributed by atoms with E-state index in [4.69, 9.17) is 5.73 Å². The molecule has 15 heavy (non-hydrogen) atoms. The first-order valence-electron chi connectivity index (χ1n) is 4.97. The molecule has 0 aliphatic heterocycles. The van der Waals surface area contributed by atoms with Crippen LogP contribution in [0.3, 0.4) is 0 Å². The topological polar surface area (TPSA) is 23.8 Å². The zero-order valence-electron chi connectivity index (χ0n) is 8.20. The highest BCUT2D eigenvalue weighted by Gasteiger charge is 1.97. The molecule has 71 valence electrons. The fraction of sp³-hybridized carbons (Fsp3) is 0. The van der Waals surface area contributed by atoms with Crippen LogP contribution in [0.25, 0.3) is 21.5 Å². The standard InChI is InChI=1S/C14H10N/c15-14-6-5-12-7-10-3-1-2-4-11(10)8-13(12)9-14/h1-9,15H. The van der Waals surface area contributed by atoms with Gasteiger partial charge in [-0.3, -0.25) is 0 Å². The first kappa shape index (κ1) is 8.30. The van der Waals surface area contributed by atoms with Crippen LogP contribution in [0.1, 0.15) is 0 Å². The van der Waals surface area contributed by atoms with Gasteiger partial charge in [-0.2, -0.15) is 0 Å². The summed E-state index contributed by atoms with van der Waals surface area (Å²) in [5.74, 6) is 0. The van der Waals surface area contributed by atoms with Crippen LogP contribution in [0.15, 0.2) is 54.6 Å². The maximum atomic E-state index is 7.59. The van der Waals surface area contributed by atoms with Gasteiger partial charge in [-0.1, -0.05) is 30.3 Å². The smallest absolute Gasteiger partial charge is 0.0546 e. The largest absolute Gasteiger partial charge is 0.301 e. The Labute approximate surface area is 88.1 Å². The number of nitrogens with one attached hydrogen (secondary N) is 1. The second-order valence-electron chi connectivity index (χ2n) is 3.76. The first-order chi connectivity index (χ1) is 7.33. The molecule has 1 N–H and O–H groups in total. The molecule has 3 aromatic rings. The molecule has 0 saturated carbocycles. The van der Waals surface area contributed by atoms with E-state index >= 15 is 0 Å². The number of hydrogen-bond donors (Lipinski definition) is 0. The summed E-state index contributed by atoms with van der Waals surface area (Å²) in [5.41, 5.74) is 8.15. The molecule has 3 aromatic carbocycles. The Bertz CT molecular complexity index is 641. The third-order valence-electron chi connectivity index (χ3n) is 2.70. The number of fused-ring (bicyclic) bond motifs is 2. The van der Waals surface area contributed by atoms with E-state index in [1.165, 1.54) is 16.2 Å². The second kappa shape index (κ2) is 2.99.